The number of hydrogen-bond donors (Lipinski definition) is 1. The van der Waals surface area contributed by atoms with Gasteiger partial charge in [-0.2, -0.15) is 0 Å². The smallest absolute Gasteiger partial charge is 0.125 e. The van der Waals surface area contributed by atoms with Crippen molar-refractivity contribution in [3.8, 4) is 0 Å². The zero-order chi connectivity index (χ0) is 13.0. The van der Waals surface area contributed by atoms with Gasteiger partial charge < -0.3 is 9.88 Å². The molecule has 0 aliphatic rings. The van der Waals surface area contributed by atoms with Crippen LogP contribution < -0.4 is 5.32 Å². The van der Waals surface area contributed by atoms with Crippen molar-refractivity contribution >= 4 is 5.82 Å². The number of hydrogen-bond acceptors (Lipinski definition) is 4. The zero-order valence-electron chi connectivity index (χ0n) is 11.1. The Bertz CT molecular complexity index is 506. The highest BCUT2D eigenvalue weighted by Crippen LogP contribution is 2.09. The molecule has 5 heteroatoms. The summed E-state index contributed by atoms with van der Waals surface area (Å²) in [5.41, 5.74) is 1.24. The lowest BCUT2D eigenvalue weighted by atomic mass is 10.2. The molecule has 0 saturated carbocycles. The van der Waals surface area contributed by atoms with Gasteiger partial charge in [0.15, 0.2) is 0 Å². The van der Waals surface area contributed by atoms with E-state index in [1.165, 1.54) is 5.56 Å². The summed E-state index contributed by atoms with van der Waals surface area (Å²) in [5, 5.41) is 3.05. The van der Waals surface area contributed by atoms with Crippen molar-refractivity contribution in [1.82, 2.24) is 19.4 Å². The van der Waals surface area contributed by atoms with Crippen molar-refractivity contribution in [1.29, 1.82) is 0 Å². The summed E-state index contributed by atoms with van der Waals surface area (Å²) in [7, 11) is 5.99. The molecule has 2 rings (SSSR count). The van der Waals surface area contributed by atoms with E-state index in [-0.39, 0.29) is 0 Å². The Morgan fingerprint density at radius 2 is 2.11 bits per heavy atom. The number of nitrogens with one attached hydrogen (secondary N) is 1. The van der Waals surface area contributed by atoms with Crippen LogP contribution in [0.1, 0.15) is 11.4 Å². The molecule has 0 fully saturated rings. The topological polar surface area (TPSA) is 46.0 Å². The lowest BCUT2D eigenvalue weighted by Gasteiger charge is -2.16. The Hall–Kier alpha value is -1.88. The van der Waals surface area contributed by atoms with Gasteiger partial charge in [0, 0.05) is 39.2 Å². The Kier molecular flexibility index (Phi) is 3.94. The maximum atomic E-state index is 4.33. The SMILES string of the molecule is CNc1cc(CN(C)Cc2nccn2C)ccn1. The third-order valence-electron chi connectivity index (χ3n) is 2.87. The fraction of sp³-hybridized carbons (Fsp3) is 0.385. The van der Waals surface area contributed by atoms with Gasteiger partial charge in [-0.05, 0) is 24.7 Å². The first kappa shape index (κ1) is 12.6. The monoisotopic (exact) mass is 245 g/mol. The van der Waals surface area contributed by atoms with Crippen LogP contribution in [0.2, 0.25) is 0 Å². The molecule has 0 aliphatic carbocycles. The van der Waals surface area contributed by atoms with Gasteiger partial charge in [-0.25, -0.2) is 9.97 Å². The van der Waals surface area contributed by atoms with E-state index in [2.05, 4.69) is 33.3 Å². The quantitative estimate of drug-likeness (QED) is 0.867. The first-order valence-corrected chi connectivity index (χ1v) is 5.96. The molecule has 0 spiro atoms. The van der Waals surface area contributed by atoms with E-state index in [0.29, 0.717) is 0 Å². The third-order valence-corrected chi connectivity index (χ3v) is 2.87. The standard InChI is InChI=1S/C13H19N5/c1-14-12-8-11(4-5-15-12)9-17(2)10-13-16-6-7-18(13)3/h4-8H,9-10H2,1-3H3,(H,14,15). The highest BCUT2D eigenvalue weighted by molar-refractivity contribution is 5.36. The molecule has 2 heterocycles. The molecule has 0 atom stereocenters. The van der Waals surface area contributed by atoms with Crippen LogP contribution in [-0.4, -0.2) is 33.5 Å². The van der Waals surface area contributed by atoms with Crippen LogP contribution in [0.25, 0.3) is 0 Å². The molecule has 0 amide bonds. The van der Waals surface area contributed by atoms with Crippen molar-refractivity contribution in [2.45, 2.75) is 13.1 Å². The van der Waals surface area contributed by atoms with E-state index >= 15 is 0 Å². The maximum Gasteiger partial charge on any atom is 0.125 e. The van der Waals surface area contributed by atoms with Gasteiger partial charge in [0.05, 0.1) is 6.54 Å². The van der Waals surface area contributed by atoms with Gasteiger partial charge in [-0.15, -0.1) is 0 Å². The summed E-state index contributed by atoms with van der Waals surface area (Å²) in [4.78, 5) is 10.8. The molecule has 5 nitrogen and oxygen atoms in total. The fourth-order valence-corrected chi connectivity index (χ4v) is 1.87. The number of pyridine rings is 1. The lowest BCUT2D eigenvalue weighted by molar-refractivity contribution is 0.307. The van der Waals surface area contributed by atoms with Crippen molar-refractivity contribution in [3.05, 3.63) is 42.1 Å². The normalized spacial score (nSPS) is 10.9. The Labute approximate surface area is 107 Å². The number of anilines is 1. The highest BCUT2D eigenvalue weighted by atomic mass is 15.1. The molecule has 0 aliphatic heterocycles. The van der Waals surface area contributed by atoms with Crippen molar-refractivity contribution < 1.29 is 0 Å². The predicted octanol–water partition coefficient (Wildman–Crippen LogP) is 1.49. The Morgan fingerprint density at radius 3 is 2.78 bits per heavy atom. The first-order chi connectivity index (χ1) is 8.69. The summed E-state index contributed by atoms with van der Waals surface area (Å²) >= 11 is 0. The number of aryl methyl sites for hydroxylation is 1. The summed E-state index contributed by atoms with van der Waals surface area (Å²) in [6, 6.07) is 4.10. The molecular formula is C13H19N5. The molecule has 2 aromatic heterocycles. The van der Waals surface area contributed by atoms with Gasteiger partial charge in [0.1, 0.15) is 11.6 Å². The van der Waals surface area contributed by atoms with Gasteiger partial charge in [-0.1, -0.05) is 0 Å². The number of aromatic nitrogens is 3. The van der Waals surface area contributed by atoms with Crippen LogP contribution in [0.3, 0.4) is 0 Å². The second kappa shape index (κ2) is 5.64. The minimum atomic E-state index is 0.834. The average Bonchev–Trinajstić information content (AvgIpc) is 2.75. The molecule has 18 heavy (non-hydrogen) atoms. The third kappa shape index (κ3) is 3.07. The lowest BCUT2D eigenvalue weighted by Crippen LogP contribution is -2.19. The Balaban J connectivity index is 1.98. The summed E-state index contributed by atoms with van der Waals surface area (Å²) in [6.45, 7) is 1.71. The average molecular weight is 245 g/mol. The van der Waals surface area contributed by atoms with E-state index in [4.69, 9.17) is 0 Å². The molecular weight excluding hydrogens is 226 g/mol. The summed E-state index contributed by atoms with van der Waals surface area (Å²) in [5.74, 6) is 1.97. The summed E-state index contributed by atoms with van der Waals surface area (Å²) < 4.78 is 2.04. The van der Waals surface area contributed by atoms with Crippen LogP contribution in [0.5, 0.6) is 0 Å². The fourth-order valence-electron chi connectivity index (χ4n) is 1.87. The van der Waals surface area contributed by atoms with Crippen LogP contribution in [0.4, 0.5) is 5.82 Å². The molecule has 0 aromatic carbocycles. The first-order valence-electron chi connectivity index (χ1n) is 5.96. The van der Waals surface area contributed by atoms with Gasteiger partial charge >= 0.3 is 0 Å². The van der Waals surface area contributed by atoms with Crippen LogP contribution >= 0.6 is 0 Å². The number of imidazole rings is 1. The molecule has 1 N–H and O–H groups in total. The van der Waals surface area contributed by atoms with E-state index < -0.39 is 0 Å². The second-order valence-corrected chi connectivity index (χ2v) is 4.43. The largest absolute Gasteiger partial charge is 0.373 e. The van der Waals surface area contributed by atoms with Crippen LogP contribution in [-0.2, 0) is 20.1 Å². The predicted molar refractivity (Wildman–Crippen MR) is 72.2 cm³/mol. The van der Waals surface area contributed by atoms with Crippen LogP contribution in [0.15, 0.2) is 30.7 Å². The van der Waals surface area contributed by atoms with E-state index in [1.807, 2.05) is 43.3 Å². The Morgan fingerprint density at radius 1 is 1.28 bits per heavy atom. The van der Waals surface area contributed by atoms with Gasteiger partial charge in [0.25, 0.3) is 0 Å². The summed E-state index contributed by atoms with van der Waals surface area (Å²) in [6.07, 6.45) is 5.62. The highest BCUT2D eigenvalue weighted by Gasteiger charge is 2.05. The van der Waals surface area contributed by atoms with Crippen molar-refractivity contribution in [2.24, 2.45) is 7.05 Å². The number of rotatable bonds is 5. The molecule has 2 aromatic rings. The minimum Gasteiger partial charge on any atom is -0.373 e. The van der Waals surface area contributed by atoms with Gasteiger partial charge in [0.2, 0.25) is 0 Å². The van der Waals surface area contributed by atoms with E-state index in [0.717, 1.165) is 24.7 Å². The molecule has 96 valence electrons. The van der Waals surface area contributed by atoms with E-state index in [1.54, 1.807) is 0 Å². The van der Waals surface area contributed by atoms with Crippen LogP contribution in [0, 0.1) is 0 Å². The zero-order valence-corrected chi connectivity index (χ0v) is 11.1. The van der Waals surface area contributed by atoms with Crippen molar-refractivity contribution in [2.75, 3.05) is 19.4 Å². The van der Waals surface area contributed by atoms with Crippen molar-refractivity contribution in [3.63, 3.8) is 0 Å². The molecule has 0 bridgehead atoms. The second-order valence-electron chi connectivity index (χ2n) is 4.43. The number of nitrogens with zero attached hydrogens (tertiary/aromatic N) is 4. The molecule has 0 unspecified atom stereocenters. The molecule has 0 radical (unpaired) electrons. The minimum absolute atomic E-state index is 0.834. The maximum absolute atomic E-state index is 4.33. The molecule has 0 saturated heterocycles. The van der Waals surface area contributed by atoms with Gasteiger partial charge in [-0.3, -0.25) is 4.90 Å². The van der Waals surface area contributed by atoms with E-state index in [9.17, 15) is 0 Å².